The number of pyridine rings is 1. The molecule has 2 fully saturated rings. The summed E-state index contributed by atoms with van der Waals surface area (Å²) in [5.41, 5.74) is 1.17. The molecule has 32 heavy (non-hydrogen) atoms. The summed E-state index contributed by atoms with van der Waals surface area (Å²) < 4.78 is 40.4. The van der Waals surface area contributed by atoms with Gasteiger partial charge in [0.15, 0.2) is 11.0 Å². The lowest BCUT2D eigenvalue weighted by molar-refractivity contribution is -0.141. The van der Waals surface area contributed by atoms with Gasteiger partial charge in [0.2, 0.25) is 0 Å². The van der Waals surface area contributed by atoms with Gasteiger partial charge in [-0.15, -0.1) is 10.2 Å². The Labute approximate surface area is 189 Å². The van der Waals surface area contributed by atoms with Gasteiger partial charge in [0.25, 0.3) is 0 Å². The van der Waals surface area contributed by atoms with Crippen LogP contribution < -0.4 is 0 Å². The third-order valence-electron chi connectivity index (χ3n) is 6.56. The standard InChI is InChI=1S/C23H24F3N5S/c1-30-20(16-6-3-2-4-7-16)28-29-21(30)32-11-5-10-31-14-18-12-22(18,15-31)17-8-9-19(27-13-17)23(24,25)26/h2-4,6-9,13,18H,5,10-12,14-15H2,1H3/t18-,22+/m0/s1. The van der Waals surface area contributed by atoms with Crippen molar-refractivity contribution in [3.63, 3.8) is 0 Å². The number of rotatable bonds is 7. The fraction of sp³-hybridized carbons (Fsp3) is 0.435. The van der Waals surface area contributed by atoms with Crippen LogP contribution in [0.3, 0.4) is 0 Å². The van der Waals surface area contributed by atoms with Crippen molar-refractivity contribution in [1.29, 1.82) is 0 Å². The lowest BCUT2D eigenvalue weighted by Gasteiger charge is -2.21. The number of hydrogen-bond donors (Lipinski definition) is 0. The Morgan fingerprint density at radius 3 is 2.66 bits per heavy atom. The van der Waals surface area contributed by atoms with Crippen LogP contribution >= 0.6 is 11.8 Å². The van der Waals surface area contributed by atoms with E-state index in [4.69, 9.17) is 0 Å². The first kappa shape index (κ1) is 21.5. The van der Waals surface area contributed by atoms with Crippen LogP contribution in [0.25, 0.3) is 11.4 Å². The number of hydrogen-bond acceptors (Lipinski definition) is 5. The van der Waals surface area contributed by atoms with Crippen molar-refractivity contribution in [2.45, 2.75) is 29.6 Å². The fourth-order valence-electron chi connectivity index (χ4n) is 4.79. The molecule has 0 amide bonds. The zero-order valence-electron chi connectivity index (χ0n) is 17.7. The Hall–Kier alpha value is -2.39. The van der Waals surface area contributed by atoms with Gasteiger partial charge >= 0.3 is 6.18 Å². The van der Waals surface area contributed by atoms with E-state index in [0.717, 1.165) is 66.4 Å². The van der Waals surface area contributed by atoms with E-state index in [0.29, 0.717) is 5.92 Å². The molecular formula is C23H24F3N5S. The highest BCUT2D eigenvalue weighted by Gasteiger charge is 2.60. The molecule has 0 radical (unpaired) electrons. The Bertz CT molecular complexity index is 1080. The quantitative estimate of drug-likeness (QED) is 0.380. The number of fused-ring (bicyclic) bond motifs is 1. The lowest BCUT2D eigenvalue weighted by atomic mass is 9.96. The van der Waals surface area contributed by atoms with E-state index in [1.54, 1.807) is 17.8 Å². The molecule has 0 spiro atoms. The minimum Gasteiger partial charge on any atom is -0.305 e. The fourth-order valence-corrected chi connectivity index (χ4v) is 5.63. The van der Waals surface area contributed by atoms with Crippen LogP contribution in [-0.4, -0.2) is 50.0 Å². The minimum atomic E-state index is -4.39. The Morgan fingerprint density at radius 1 is 1.12 bits per heavy atom. The minimum absolute atomic E-state index is 0.00154. The second-order valence-corrected chi connectivity index (χ2v) is 9.72. The lowest BCUT2D eigenvalue weighted by Crippen LogP contribution is -2.28. The van der Waals surface area contributed by atoms with Crippen LogP contribution in [0.2, 0.25) is 0 Å². The molecule has 0 unspecified atom stereocenters. The van der Waals surface area contributed by atoms with Crippen molar-refractivity contribution in [3.05, 3.63) is 59.9 Å². The van der Waals surface area contributed by atoms with E-state index < -0.39 is 11.9 Å². The molecule has 1 aromatic carbocycles. The molecule has 9 heteroatoms. The van der Waals surface area contributed by atoms with Gasteiger partial charge in [0.1, 0.15) is 5.69 Å². The molecule has 5 rings (SSSR count). The van der Waals surface area contributed by atoms with Crippen LogP contribution in [0.15, 0.2) is 53.8 Å². The first-order chi connectivity index (χ1) is 15.4. The van der Waals surface area contributed by atoms with E-state index in [2.05, 4.69) is 20.1 Å². The number of alkyl halides is 3. The second-order valence-electron chi connectivity index (χ2n) is 8.66. The molecule has 2 aromatic heterocycles. The maximum atomic E-state index is 12.8. The van der Waals surface area contributed by atoms with Gasteiger partial charge in [-0.3, -0.25) is 4.98 Å². The molecule has 3 aromatic rings. The topological polar surface area (TPSA) is 46.8 Å². The number of halogens is 3. The molecule has 2 aliphatic rings. The third-order valence-corrected chi connectivity index (χ3v) is 7.67. The summed E-state index contributed by atoms with van der Waals surface area (Å²) in [7, 11) is 1.99. The van der Waals surface area contributed by atoms with E-state index in [1.807, 2.05) is 41.9 Å². The summed E-state index contributed by atoms with van der Waals surface area (Å²) in [6.45, 7) is 2.88. The smallest absolute Gasteiger partial charge is 0.305 e. The summed E-state index contributed by atoms with van der Waals surface area (Å²) >= 11 is 1.70. The molecule has 2 atom stereocenters. The van der Waals surface area contributed by atoms with Crippen molar-refractivity contribution < 1.29 is 13.2 Å². The Kier molecular flexibility index (Phi) is 5.49. The van der Waals surface area contributed by atoms with Gasteiger partial charge in [-0.25, -0.2) is 0 Å². The zero-order chi connectivity index (χ0) is 22.3. The number of piperidine rings is 1. The van der Waals surface area contributed by atoms with Gasteiger partial charge in [-0.1, -0.05) is 48.2 Å². The molecule has 5 nitrogen and oxygen atoms in total. The Morgan fingerprint density at radius 2 is 1.94 bits per heavy atom. The van der Waals surface area contributed by atoms with Crippen molar-refractivity contribution in [2.24, 2.45) is 13.0 Å². The summed E-state index contributed by atoms with van der Waals surface area (Å²) in [6, 6.07) is 12.8. The summed E-state index contributed by atoms with van der Waals surface area (Å²) in [5, 5.41) is 9.56. The summed E-state index contributed by atoms with van der Waals surface area (Å²) in [5.74, 6) is 2.33. The maximum Gasteiger partial charge on any atom is 0.433 e. The molecular weight excluding hydrogens is 435 g/mol. The zero-order valence-corrected chi connectivity index (χ0v) is 18.5. The van der Waals surface area contributed by atoms with E-state index in [-0.39, 0.29) is 5.41 Å². The van der Waals surface area contributed by atoms with Crippen molar-refractivity contribution in [1.82, 2.24) is 24.6 Å². The van der Waals surface area contributed by atoms with Crippen LogP contribution in [0.4, 0.5) is 13.2 Å². The summed E-state index contributed by atoms with van der Waals surface area (Å²) in [6.07, 6.45) is -0.886. The number of aromatic nitrogens is 4. The molecule has 0 N–H and O–H groups in total. The SMILES string of the molecule is Cn1c(SCCCN2C[C@@H]3C[C@]3(c3ccc(C(F)(F)F)nc3)C2)nnc1-c1ccccc1. The highest BCUT2D eigenvalue weighted by atomic mass is 32.2. The maximum absolute atomic E-state index is 12.8. The van der Waals surface area contributed by atoms with Gasteiger partial charge < -0.3 is 9.47 Å². The predicted octanol–water partition coefficient (Wildman–Crippen LogP) is 4.65. The van der Waals surface area contributed by atoms with Crippen LogP contribution in [0.5, 0.6) is 0 Å². The predicted molar refractivity (Wildman–Crippen MR) is 117 cm³/mol. The largest absolute Gasteiger partial charge is 0.433 e. The van der Waals surface area contributed by atoms with Crippen molar-refractivity contribution in [3.8, 4) is 11.4 Å². The monoisotopic (exact) mass is 459 g/mol. The van der Waals surface area contributed by atoms with Crippen molar-refractivity contribution >= 4 is 11.8 Å². The summed E-state index contributed by atoms with van der Waals surface area (Å²) in [4.78, 5) is 6.10. The molecule has 1 aliphatic carbocycles. The first-order valence-electron chi connectivity index (χ1n) is 10.7. The van der Waals surface area contributed by atoms with Crippen LogP contribution in [0, 0.1) is 5.92 Å². The average molecular weight is 460 g/mol. The second kappa shape index (κ2) is 8.19. The van der Waals surface area contributed by atoms with Gasteiger partial charge in [-0.05, 0) is 36.9 Å². The normalized spacial score (nSPS) is 22.8. The van der Waals surface area contributed by atoms with Crippen LogP contribution in [-0.2, 0) is 18.6 Å². The highest BCUT2D eigenvalue weighted by molar-refractivity contribution is 7.99. The Balaban J connectivity index is 1.12. The van der Waals surface area contributed by atoms with E-state index in [9.17, 15) is 13.2 Å². The highest BCUT2D eigenvalue weighted by Crippen LogP contribution is 2.58. The van der Waals surface area contributed by atoms with E-state index >= 15 is 0 Å². The number of nitrogens with zero attached hydrogens (tertiary/aromatic N) is 5. The van der Waals surface area contributed by atoms with Gasteiger partial charge in [0, 0.05) is 43.1 Å². The number of thioether (sulfide) groups is 1. The van der Waals surface area contributed by atoms with Crippen LogP contribution in [0.1, 0.15) is 24.1 Å². The molecule has 3 heterocycles. The van der Waals surface area contributed by atoms with Crippen molar-refractivity contribution in [2.75, 3.05) is 25.4 Å². The first-order valence-corrected chi connectivity index (χ1v) is 11.7. The molecule has 1 aliphatic heterocycles. The number of likely N-dealkylation sites (tertiary alicyclic amines) is 1. The van der Waals surface area contributed by atoms with Gasteiger partial charge in [-0.2, -0.15) is 13.2 Å². The number of benzene rings is 1. The van der Waals surface area contributed by atoms with E-state index in [1.165, 1.54) is 6.20 Å². The average Bonchev–Trinajstić information content (AvgIpc) is 3.16. The molecule has 1 saturated carbocycles. The molecule has 0 bridgehead atoms. The molecule has 168 valence electrons. The molecule has 1 saturated heterocycles. The van der Waals surface area contributed by atoms with Gasteiger partial charge in [0.05, 0.1) is 0 Å². The third kappa shape index (κ3) is 4.03.